The van der Waals surface area contributed by atoms with Crippen LogP contribution in [0.2, 0.25) is 0 Å². The lowest BCUT2D eigenvalue weighted by atomic mass is 9.87. The fourth-order valence-electron chi connectivity index (χ4n) is 2.49. The number of aryl methyl sites for hydroxylation is 1. The van der Waals surface area contributed by atoms with Crippen molar-refractivity contribution < 1.29 is 23.2 Å². The summed E-state index contributed by atoms with van der Waals surface area (Å²) in [4.78, 5) is 21.8. The van der Waals surface area contributed by atoms with E-state index in [9.17, 15) is 23.7 Å². The quantitative estimate of drug-likeness (QED) is 0.472. The van der Waals surface area contributed by atoms with E-state index in [1.165, 1.54) is 18.2 Å². The van der Waals surface area contributed by atoms with Crippen molar-refractivity contribution >= 4 is 17.3 Å². The van der Waals surface area contributed by atoms with Gasteiger partial charge in [-0.1, -0.05) is 0 Å². The molecule has 23 heavy (non-hydrogen) atoms. The summed E-state index contributed by atoms with van der Waals surface area (Å²) in [5.74, 6) is -3.05. The second-order valence-electron chi connectivity index (χ2n) is 5.51. The first-order valence-electron chi connectivity index (χ1n) is 7.38. The average Bonchev–Trinajstić information content (AvgIpc) is 2.44. The third-order valence-electron chi connectivity index (χ3n) is 3.65. The molecule has 6 nitrogen and oxygen atoms in total. The molecule has 1 N–H and O–H groups in total. The van der Waals surface area contributed by atoms with Crippen molar-refractivity contribution in [3.05, 3.63) is 33.9 Å². The Kier molecular flexibility index (Phi) is 5.12. The topological polar surface area (TPSA) is 81.5 Å². The minimum atomic E-state index is -2.65. The van der Waals surface area contributed by atoms with E-state index >= 15 is 0 Å². The van der Waals surface area contributed by atoms with Gasteiger partial charge in [-0.25, -0.2) is 8.78 Å². The summed E-state index contributed by atoms with van der Waals surface area (Å²) in [6.07, 6.45) is -0.209. The molecule has 1 aliphatic rings. The molecule has 1 aromatic rings. The molecule has 1 saturated carbocycles. The van der Waals surface area contributed by atoms with Crippen LogP contribution in [0.25, 0.3) is 0 Å². The lowest BCUT2D eigenvalue weighted by Gasteiger charge is -2.36. The Balaban J connectivity index is 2.09. The van der Waals surface area contributed by atoms with E-state index in [1.807, 2.05) is 0 Å². The van der Waals surface area contributed by atoms with E-state index in [0.717, 1.165) is 0 Å². The van der Waals surface area contributed by atoms with Gasteiger partial charge in [0, 0.05) is 43.1 Å². The zero-order chi connectivity index (χ0) is 17.0. The molecule has 0 aromatic heterocycles. The molecule has 0 bridgehead atoms. The number of nitrogens with one attached hydrogen (secondary N) is 1. The predicted molar refractivity (Wildman–Crippen MR) is 79.6 cm³/mol. The molecule has 1 aliphatic carbocycles. The van der Waals surface area contributed by atoms with Crippen LogP contribution in [0.3, 0.4) is 0 Å². The van der Waals surface area contributed by atoms with Crippen molar-refractivity contribution in [3.8, 4) is 0 Å². The number of non-ortho nitro benzene ring substituents is 1. The number of carbonyl (C=O) groups is 1. The number of carbonyl (C=O) groups excluding carboxylic acids is 1. The largest absolute Gasteiger partial charge is 0.466 e. The zero-order valence-electron chi connectivity index (χ0n) is 12.7. The molecule has 126 valence electrons. The minimum Gasteiger partial charge on any atom is -0.466 e. The number of nitro benzene ring substituents is 1. The molecular weight excluding hydrogens is 310 g/mol. The maximum absolute atomic E-state index is 12.9. The Hall–Kier alpha value is -2.25. The fraction of sp³-hybridized carbons (Fsp3) is 0.533. The number of hydrogen-bond acceptors (Lipinski definition) is 5. The lowest BCUT2D eigenvalue weighted by molar-refractivity contribution is -0.384. The standard InChI is InChI=1S/C15H18F2N2O4/c1-2-23-14(20)6-3-10-7-12(19(21)22)4-5-13(10)18-11-8-15(16,17)9-11/h4-5,7,11,18H,2-3,6,8-9H2,1H3. The molecule has 0 amide bonds. The molecule has 2 rings (SSSR count). The van der Waals surface area contributed by atoms with E-state index in [1.54, 1.807) is 6.92 Å². The van der Waals surface area contributed by atoms with Crippen LogP contribution in [0.1, 0.15) is 31.7 Å². The number of nitrogens with zero attached hydrogens (tertiary/aromatic N) is 1. The smallest absolute Gasteiger partial charge is 0.306 e. The van der Waals surface area contributed by atoms with Crippen LogP contribution in [0.15, 0.2) is 18.2 Å². The first kappa shape index (κ1) is 17.1. The molecule has 1 fully saturated rings. The molecule has 0 heterocycles. The predicted octanol–water partition coefficient (Wildman–Crippen LogP) is 3.30. The van der Waals surface area contributed by atoms with Gasteiger partial charge in [-0.05, 0) is 25.0 Å². The first-order valence-corrected chi connectivity index (χ1v) is 7.38. The molecular formula is C15H18F2N2O4. The van der Waals surface area contributed by atoms with Gasteiger partial charge in [0.05, 0.1) is 11.5 Å². The number of hydrogen-bond donors (Lipinski definition) is 1. The second kappa shape index (κ2) is 6.89. The maximum Gasteiger partial charge on any atom is 0.306 e. The van der Waals surface area contributed by atoms with Gasteiger partial charge in [0.25, 0.3) is 11.6 Å². The van der Waals surface area contributed by atoms with Crippen molar-refractivity contribution in [3.63, 3.8) is 0 Å². The second-order valence-corrected chi connectivity index (χ2v) is 5.51. The van der Waals surface area contributed by atoms with Crippen molar-refractivity contribution in [1.82, 2.24) is 0 Å². The summed E-state index contributed by atoms with van der Waals surface area (Å²) in [5.41, 5.74) is 0.983. The monoisotopic (exact) mass is 328 g/mol. The van der Waals surface area contributed by atoms with Crippen LogP contribution in [-0.4, -0.2) is 29.5 Å². The van der Waals surface area contributed by atoms with Gasteiger partial charge in [0.1, 0.15) is 0 Å². The van der Waals surface area contributed by atoms with Gasteiger partial charge in [-0.15, -0.1) is 0 Å². The first-order chi connectivity index (χ1) is 10.8. The number of halogens is 2. The van der Waals surface area contributed by atoms with Gasteiger partial charge >= 0.3 is 5.97 Å². The van der Waals surface area contributed by atoms with Gasteiger partial charge in [-0.2, -0.15) is 0 Å². The number of esters is 1. The number of nitro groups is 1. The summed E-state index contributed by atoms with van der Waals surface area (Å²) in [5, 5.41) is 13.8. The van der Waals surface area contributed by atoms with Crippen molar-refractivity contribution in [2.75, 3.05) is 11.9 Å². The van der Waals surface area contributed by atoms with E-state index in [4.69, 9.17) is 4.74 Å². The zero-order valence-corrected chi connectivity index (χ0v) is 12.7. The molecule has 0 radical (unpaired) electrons. The average molecular weight is 328 g/mol. The Morgan fingerprint density at radius 1 is 1.48 bits per heavy atom. The number of benzene rings is 1. The van der Waals surface area contributed by atoms with Crippen molar-refractivity contribution in [2.24, 2.45) is 0 Å². The minimum absolute atomic E-state index is 0.0739. The highest BCUT2D eigenvalue weighted by Gasteiger charge is 2.45. The van der Waals surface area contributed by atoms with Crippen LogP contribution in [0, 0.1) is 10.1 Å². The van der Waals surface area contributed by atoms with E-state index in [0.29, 0.717) is 11.3 Å². The van der Waals surface area contributed by atoms with Crippen LogP contribution < -0.4 is 5.32 Å². The summed E-state index contributed by atoms with van der Waals surface area (Å²) in [6, 6.07) is 3.80. The van der Waals surface area contributed by atoms with Crippen LogP contribution in [0.5, 0.6) is 0 Å². The number of rotatable bonds is 7. The normalized spacial score (nSPS) is 16.5. The third-order valence-corrected chi connectivity index (χ3v) is 3.65. The van der Waals surface area contributed by atoms with Crippen LogP contribution >= 0.6 is 0 Å². The highest BCUT2D eigenvalue weighted by molar-refractivity contribution is 5.70. The van der Waals surface area contributed by atoms with Gasteiger partial charge in [0.2, 0.25) is 0 Å². The van der Waals surface area contributed by atoms with Crippen molar-refractivity contribution in [1.29, 1.82) is 0 Å². The summed E-state index contributed by atoms with van der Waals surface area (Å²) >= 11 is 0. The molecule has 0 atom stereocenters. The number of anilines is 1. The van der Waals surface area contributed by atoms with Crippen molar-refractivity contribution in [2.45, 2.75) is 44.6 Å². The third kappa shape index (κ3) is 4.61. The van der Waals surface area contributed by atoms with Gasteiger partial charge in [-0.3, -0.25) is 14.9 Å². The Morgan fingerprint density at radius 3 is 2.74 bits per heavy atom. The van der Waals surface area contributed by atoms with E-state index in [2.05, 4.69) is 5.32 Å². The highest BCUT2D eigenvalue weighted by Crippen LogP contribution is 2.39. The molecule has 1 aromatic carbocycles. The van der Waals surface area contributed by atoms with E-state index in [-0.39, 0.29) is 44.0 Å². The molecule has 0 saturated heterocycles. The van der Waals surface area contributed by atoms with Crippen LogP contribution in [0.4, 0.5) is 20.2 Å². The fourth-order valence-corrected chi connectivity index (χ4v) is 2.49. The Labute approximate surface area is 132 Å². The van der Waals surface area contributed by atoms with E-state index < -0.39 is 16.8 Å². The molecule has 0 aliphatic heterocycles. The summed E-state index contributed by atoms with van der Waals surface area (Å²) < 4.78 is 30.6. The molecule has 0 spiro atoms. The molecule has 0 unspecified atom stereocenters. The summed E-state index contributed by atoms with van der Waals surface area (Å²) in [6.45, 7) is 1.95. The Morgan fingerprint density at radius 2 is 2.17 bits per heavy atom. The molecule has 8 heteroatoms. The van der Waals surface area contributed by atoms with Gasteiger partial charge in [0.15, 0.2) is 0 Å². The lowest BCUT2D eigenvalue weighted by Crippen LogP contribution is -2.44. The number of ether oxygens (including phenoxy) is 1. The van der Waals surface area contributed by atoms with Crippen LogP contribution in [-0.2, 0) is 16.0 Å². The highest BCUT2D eigenvalue weighted by atomic mass is 19.3. The number of alkyl halides is 2. The Bertz CT molecular complexity index is 599. The van der Waals surface area contributed by atoms with Gasteiger partial charge < -0.3 is 10.1 Å². The maximum atomic E-state index is 12.9. The SMILES string of the molecule is CCOC(=O)CCc1cc([N+](=O)[O-])ccc1NC1CC(F)(F)C1. The summed E-state index contributed by atoms with van der Waals surface area (Å²) in [7, 11) is 0.